The minimum atomic E-state index is -0.560. The van der Waals surface area contributed by atoms with Gasteiger partial charge in [-0.3, -0.25) is 9.59 Å². The van der Waals surface area contributed by atoms with Crippen LogP contribution < -0.4 is 10.6 Å². The second-order valence-electron chi connectivity index (χ2n) is 5.76. The van der Waals surface area contributed by atoms with E-state index in [0.29, 0.717) is 19.4 Å². The average molecular weight is 324 g/mol. The molecule has 0 aliphatic heterocycles. The van der Waals surface area contributed by atoms with Crippen LogP contribution in [0.2, 0.25) is 0 Å². The Balaban J connectivity index is 2.00. The zero-order chi connectivity index (χ0) is 17.2. The van der Waals surface area contributed by atoms with Crippen LogP contribution in [-0.2, 0) is 22.6 Å². The smallest absolute Gasteiger partial charge is 0.243 e. The van der Waals surface area contributed by atoms with E-state index < -0.39 is 6.04 Å². The molecule has 0 aliphatic carbocycles. The maximum Gasteiger partial charge on any atom is 0.243 e. The van der Waals surface area contributed by atoms with Crippen LogP contribution in [0.15, 0.2) is 60.7 Å². The van der Waals surface area contributed by atoms with E-state index in [9.17, 15) is 9.59 Å². The Morgan fingerprint density at radius 2 is 1.50 bits per heavy atom. The van der Waals surface area contributed by atoms with Crippen molar-refractivity contribution in [3.8, 4) is 0 Å². The van der Waals surface area contributed by atoms with Crippen molar-refractivity contribution in [2.45, 2.75) is 38.8 Å². The number of hydrogen-bond acceptors (Lipinski definition) is 2. The average Bonchev–Trinajstić information content (AvgIpc) is 2.61. The molecule has 2 N–H and O–H groups in total. The van der Waals surface area contributed by atoms with Crippen LogP contribution in [0, 0.1) is 0 Å². The van der Waals surface area contributed by atoms with Gasteiger partial charge >= 0.3 is 0 Å². The lowest BCUT2D eigenvalue weighted by atomic mass is 10.0. The van der Waals surface area contributed by atoms with Gasteiger partial charge in [-0.2, -0.15) is 0 Å². The van der Waals surface area contributed by atoms with Crippen LogP contribution in [0.4, 0.5) is 0 Å². The predicted molar refractivity (Wildman–Crippen MR) is 95.3 cm³/mol. The van der Waals surface area contributed by atoms with E-state index >= 15 is 0 Å². The predicted octanol–water partition coefficient (Wildman–Crippen LogP) is 2.83. The lowest BCUT2D eigenvalue weighted by molar-refractivity contribution is -0.129. The molecule has 0 bridgehead atoms. The lowest BCUT2D eigenvalue weighted by Gasteiger charge is -2.18. The molecule has 0 aliphatic rings. The molecule has 24 heavy (non-hydrogen) atoms. The van der Waals surface area contributed by atoms with E-state index in [0.717, 1.165) is 17.5 Å². The molecule has 0 heterocycles. The number of carbonyl (C=O) groups is 2. The Morgan fingerprint density at radius 1 is 0.917 bits per heavy atom. The molecule has 0 saturated heterocycles. The number of carbonyl (C=O) groups excluding carboxylic acids is 2. The summed E-state index contributed by atoms with van der Waals surface area (Å²) in [7, 11) is 0. The molecule has 4 heteroatoms. The fourth-order valence-corrected chi connectivity index (χ4v) is 2.46. The van der Waals surface area contributed by atoms with Gasteiger partial charge in [0.15, 0.2) is 0 Å². The first-order valence-electron chi connectivity index (χ1n) is 8.34. The molecule has 1 atom stereocenters. The molecular formula is C20H24N2O2. The Morgan fingerprint density at radius 3 is 2.08 bits per heavy atom. The number of hydrogen-bond donors (Lipinski definition) is 2. The van der Waals surface area contributed by atoms with Crippen LogP contribution in [0.3, 0.4) is 0 Å². The van der Waals surface area contributed by atoms with Gasteiger partial charge in [-0.25, -0.2) is 0 Å². The van der Waals surface area contributed by atoms with E-state index in [-0.39, 0.29) is 11.8 Å². The van der Waals surface area contributed by atoms with Crippen molar-refractivity contribution in [3.05, 3.63) is 71.8 Å². The molecule has 0 saturated carbocycles. The van der Waals surface area contributed by atoms with E-state index in [2.05, 4.69) is 10.6 Å². The molecule has 126 valence electrons. The van der Waals surface area contributed by atoms with Gasteiger partial charge in [0.25, 0.3) is 0 Å². The molecule has 0 fully saturated rings. The number of amides is 2. The first kappa shape index (κ1) is 17.7. The van der Waals surface area contributed by atoms with Gasteiger partial charge in [0.05, 0.1) is 0 Å². The summed E-state index contributed by atoms with van der Waals surface area (Å²) in [5.74, 6) is -0.250. The van der Waals surface area contributed by atoms with Crippen molar-refractivity contribution in [1.29, 1.82) is 0 Å². The molecule has 0 radical (unpaired) electrons. The van der Waals surface area contributed by atoms with E-state index in [1.54, 1.807) is 0 Å². The normalized spacial score (nSPS) is 11.5. The highest BCUT2D eigenvalue weighted by molar-refractivity contribution is 5.87. The van der Waals surface area contributed by atoms with Crippen LogP contribution in [0.25, 0.3) is 0 Å². The molecule has 2 aromatic carbocycles. The summed E-state index contributed by atoms with van der Waals surface area (Å²) in [6, 6.07) is 18.9. The number of nitrogens with one attached hydrogen (secondary N) is 2. The largest absolute Gasteiger partial charge is 0.350 e. The molecule has 0 aromatic heterocycles. The Bertz CT molecular complexity index is 641. The summed E-state index contributed by atoms with van der Waals surface area (Å²) in [6.07, 6.45) is 1.67. The lowest BCUT2D eigenvalue weighted by Crippen LogP contribution is -2.47. The first-order chi connectivity index (χ1) is 11.7. The highest BCUT2D eigenvalue weighted by Crippen LogP contribution is 2.05. The first-order valence-corrected chi connectivity index (χ1v) is 8.34. The van der Waals surface area contributed by atoms with Crippen molar-refractivity contribution >= 4 is 11.8 Å². The molecule has 2 rings (SSSR count). The monoisotopic (exact) mass is 324 g/mol. The number of rotatable bonds is 8. The zero-order valence-electron chi connectivity index (χ0n) is 14.0. The van der Waals surface area contributed by atoms with E-state index in [1.807, 2.05) is 67.6 Å². The van der Waals surface area contributed by atoms with E-state index in [1.165, 1.54) is 0 Å². The van der Waals surface area contributed by atoms with E-state index in [4.69, 9.17) is 0 Å². The van der Waals surface area contributed by atoms with Crippen LogP contribution >= 0.6 is 0 Å². The quantitative estimate of drug-likeness (QED) is 0.784. The van der Waals surface area contributed by atoms with Crippen molar-refractivity contribution in [2.75, 3.05) is 0 Å². The molecular weight excluding hydrogens is 300 g/mol. The third-order valence-electron chi connectivity index (χ3n) is 3.72. The molecule has 2 aromatic rings. The third-order valence-corrected chi connectivity index (χ3v) is 3.72. The van der Waals surface area contributed by atoms with Gasteiger partial charge in [0, 0.05) is 19.4 Å². The fraction of sp³-hybridized carbons (Fsp3) is 0.300. The van der Waals surface area contributed by atoms with Crippen molar-refractivity contribution < 1.29 is 9.59 Å². The summed E-state index contributed by atoms with van der Waals surface area (Å²) in [6.45, 7) is 2.40. The van der Waals surface area contributed by atoms with Gasteiger partial charge in [-0.05, 0) is 17.5 Å². The SMILES string of the molecule is CCCC(=O)NC(Cc1ccccc1)C(=O)NCc1ccccc1. The minimum Gasteiger partial charge on any atom is -0.350 e. The molecule has 1 unspecified atom stereocenters. The second-order valence-corrected chi connectivity index (χ2v) is 5.76. The molecule has 4 nitrogen and oxygen atoms in total. The van der Waals surface area contributed by atoms with Crippen LogP contribution in [0.1, 0.15) is 30.9 Å². The molecule has 2 amide bonds. The fourth-order valence-electron chi connectivity index (χ4n) is 2.46. The Kier molecular flexibility index (Phi) is 7.02. The summed E-state index contributed by atoms with van der Waals surface area (Å²) >= 11 is 0. The minimum absolute atomic E-state index is 0.0895. The standard InChI is InChI=1S/C20H24N2O2/c1-2-9-19(23)22-18(14-16-10-5-3-6-11-16)20(24)21-15-17-12-7-4-8-13-17/h3-8,10-13,18H,2,9,14-15H2,1H3,(H,21,24)(H,22,23). The maximum atomic E-state index is 12.5. The Hall–Kier alpha value is -2.62. The second kappa shape index (κ2) is 9.50. The summed E-state index contributed by atoms with van der Waals surface area (Å²) in [5, 5.41) is 5.76. The summed E-state index contributed by atoms with van der Waals surface area (Å²) < 4.78 is 0. The highest BCUT2D eigenvalue weighted by Gasteiger charge is 2.20. The van der Waals surface area contributed by atoms with Gasteiger partial charge in [-0.1, -0.05) is 67.6 Å². The summed E-state index contributed by atoms with van der Waals surface area (Å²) in [4.78, 5) is 24.5. The van der Waals surface area contributed by atoms with Gasteiger partial charge < -0.3 is 10.6 Å². The van der Waals surface area contributed by atoms with Crippen LogP contribution in [-0.4, -0.2) is 17.9 Å². The van der Waals surface area contributed by atoms with Gasteiger partial charge in [0.1, 0.15) is 6.04 Å². The highest BCUT2D eigenvalue weighted by atomic mass is 16.2. The summed E-state index contributed by atoms with van der Waals surface area (Å²) in [5.41, 5.74) is 2.05. The van der Waals surface area contributed by atoms with Gasteiger partial charge in [-0.15, -0.1) is 0 Å². The van der Waals surface area contributed by atoms with Crippen molar-refractivity contribution in [3.63, 3.8) is 0 Å². The van der Waals surface area contributed by atoms with Gasteiger partial charge in [0.2, 0.25) is 11.8 Å². The molecule has 0 spiro atoms. The zero-order valence-corrected chi connectivity index (χ0v) is 14.0. The Labute approximate surface area is 143 Å². The van der Waals surface area contributed by atoms with Crippen LogP contribution in [0.5, 0.6) is 0 Å². The van der Waals surface area contributed by atoms with Crippen molar-refractivity contribution in [1.82, 2.24) is 10.6 Å². The maximum absolute atomic E-state index is 12.5. The third kappa shape index (κ3) is 5.88. The number of benzene rings is 2. The topological polar surface area (TPSA) is 58.2 Å². The van der Waals surface area contributed by atoms with Crippen molar-refractivity contribution in [2.24, 2.45) is 0 Å².